The first kappa shape index (κ1) is 13.9. The van der Waals surface area contributed by atoms with Crippen molar-refractivity contribution in [1.82, 2.24) is 15.0 Å². The van der Waals surface area contributed by atoms with E-state index in [0.29, 0.717) is 29.3 Å². The summed E-state index contributed by atoms with van der Waals surface area (Å²) in [5, 5.41) is 16.7. The first-order valence-corrected chi connectivity index (χ1v) is 6.02. The summed E-state index contributed by atoms with van der Waals surface area (Å²) < 4.78 is 11.9. The third-order valence-corrected chi connectivity index (χ3v) is 2.91. The first-order chi connectivity index (χ1) is 9.62. The molecule has 2 aromatic rings. The molecule has 0 atom stereocenters. The lowest BCUT2D eigenvalue weighted by Crippen LogP contribution is -2.07. The van der Waals surface area contributed by atoms with Gasteiger partial charge in [-0.25, -0.2) is 9.48 Å². The molecular formula is C13H15N3O4. The third kappa shape index (κ3) is 2.29. The molecule has 0 bridgehead atoms. The fourth-order valence-corrected chi connectivity index (χ4v) is 1.94. The van der Waals surface area contributed by atoms with Gasteiger partial charge in [0, 0.05) is 6.07 Å². The van der Waals surface area contributed by atoms with Crippen molar-refractivity contribution < 1.29 is 19.4 Å². The number of ether oxygens (including phenoxy) is 2. The van der Waals surface area contributed by atoms with Crippen molar-refractivity contribution >= 4 is 5.97 Å². The summed E-state index contributed by atoms with van der Waals surface area (Å²) in [4.78, 5) is 11.1. The summed E-state index contributed by atoms with van der Waals surface area (Å²) in [6, 6.07) is 5.21. The maximum absolute atomic E-state index is 11.1. The predicted molar refractivity (Wildman–Crippen MR) is 70.8 cm³/mol. The van der Waals surface area contributed by atoms with Crippen LogP contribution in [-0.2, 0) is 6.42 Å². The highest BCUT2D eigenvalue weighted by molar-refractivity contribution is 5.86. The molecule has 0 saturated heterocycles. The summed E-state index contributed by atoms with van der Waals surface area (Å²) >= 11 is 0. The average molecular weight is 277 g/mol. The Bertz CT molecular complexity index is 637. The highest BCUT2D eigenvalue weighted by Crippen LogP contribution is 2.28. The van der Waals surface area contributed by atoms with Crippen molar-refractivity contribution in [2.24, 2.45) is 0 Å². The topological polar surface area (TPSA) is 86.5 Å². The Balaban J connectivity index is 2.64. The molecule has 0 amide bonds. The minimum Gasteiger partial charge on any atom is -0.497 e. The molecular weight excluding hydrogens is 262 g/mol. The number of carboxylic acid groups (broad SMARTS) is 1. The van der Waals surface area contributed by atoms with Crippen LogP contribution in [0.25, 0.3) is 5.69 Å². The zero-order valence-electron chi connectivity index (χ0n) is 11.5. The van der Waals surface area contributed by atoms with E-state index >= 15 is 0 Å². The van der Waals surface area contributed by atoms with Gasteiger partial charge in [0.25, 0.3) is 0 Å². The summed E-state index contributed by atoms with van der Waals surface area (Å²) in [5.41, 5.74) is 1.03. The van der Waals surface area contributed by atoms with Gasteiger partial charge in [0.05, 0.1) is 19.9 Å². The molecule has 1 aromatic carbocycles. The van der Waals surface area contributed by atoms with Crippen molar-refractivity contribution in [2.75, 3.05) is 14.2 Å². The standard InChI is InChI=1S/C13H15N3O4/c1-4-9-12(13(17)18)14-15-16(9)10-7-8(19-2)5-6-11(10)20-3/h5-7H,4H2,1-3H3,(H,17,18). The molecule has 0 aliphatic rings. The summed E-state index contributed by atoms with van der Waals surface area (Å²) in [6.07, 6.45) is 0.481. The lowest BCUT2D eigenvalue weighted by molar-refractivity contribution is 0.0689. The third-order valence-electron chi connectivity index (χ3n) is 2.91. The maximum atomic E-state index is 11.1. The normalized spacial score (nSPS) is 10.3. The molecule has 0 aliphatic heterocycles. The van der Waals surface area contributed by atoms with Gasteiger partial charge in [-0.1, -0.05) is 12.1 Å². The molecule has 0 aliphatic carbocycles. The number of benzene rings is 1. The average Bonchev–Trinajstić information content (AvgIpc) is 2.90. The Morgan fingerprint density at radius 1 is 1.35 bits per heavy atom. The minimum atomic E-state index is -1.10. The van der Waals surface area contributed by atoms with E-state index in [0.717, 1.165) is 0 Å². The van der Waals surface area contributed by atoms with Gasteiger partial charge >= 0.3 is 5.97 Å². The van der Waals surface area contributed by atoms with Crippen molar-refractivity contribution in [3.63, 3.8) is 0 Å². The van der Waals surface area contributed by atoms with E-state index in [-0.39, 0.29) is 5.69 Å². The molecule has 1 heterocycles. The number of hydrogen-bond acceptors (Lipinski definition) is 5. The van der Waals surface area contributed by atoms with Gasteiger partial charge in [-0.2, -0.15) is 0 Å². The van der Waals surface area contributed by atoms with Crippen LogP contribution in [-0.4, -0.2) is 40.3 Å². The Labute approximate surface area is 115 Å². The molecule has 0 saturated carbocycles. The number of nitrogens with zero attached hydrogens (tertiary/aromatic N) is 3. The molecule has 7 nitrogen and oxygen atoms in total. The second kappa shape index (κ2) is 5.60. The van der Waals surface area contributed by atoms with Crippen LogP contribution in [0.2, 0.25) is 0 Å². The Hall–Kier alpha value is -2.57. The Kier molecular flexibility index (Phi) is 3.88. The summed E-state index contributed by atoms with van der Waals surface area (Å²) in [6.45, 7) is 1.84. The molecule has 0 fully saturated rings. The molecule has 1 aromatic heterocycles. The van der Waals surface area contributed by atoms with E-state index in [1.165, 1.54) is 11.8 Å². The first-order valence-electron chi connectivity index (χ1n) is 6.02. The number of hydrogen-bond donors (Lipinski definition) is 1. The van der Waals surface area contributed by atoms with Gasteiger partial charge in [-0.3, -0.25) is 0 Å². The SMILES string of the molecule is CCc1c(C(=O)O)nnn1-c1cc(OC)ccc1OC. The monoisotopic (exact) mass is 277 g/mol. The number of carbonyl (C=O) groups is 1. The van der Waals surface area contributed by atoms with Crippen LogP contribution >= 0.6 is 0 Å². The second-order valence-electron chi connectivity index (χ2n) is 3.99. The fourth-order valence-electron chi connectivity index (χ4n) is 1.94. The van der Waals surface area contributed by atoms with E-state index in [1.54, 1.807) is 25.3 Å². The predicted octanol–water partition coefficient (Wildman–Crippen LogP) is 1.55. The molecule has 0 spiro atoms. The number of carboxylic acids is 1. The highest BCUT2D eigenvalue weighted by atomic mass is 16.5. The van der Waals surface area contributed by atoms with Crippen LogP contribution in [0.4, 0.5) is 0 Å². The van der Waals surface area contributed by atoms with E-state index < -0.39 is 5.97 Å². The zero-order chi connectivity index (χ0) is 14.7. The highest BCUT2D eigenvalue weighted by Gasteiger charge is 2.20. The van der Waals surface area contributed by atoms with Crippen LogP contribution in [0.3, 0.4) is 0 Å². The van der Waals surface area contributed by atoms with Gasteiger partial charge in [0.15, 0.2) is 5.69 Å². The smallest absolute Gasteiger partial charge is 0.358 e. The van der Waals surface area contributed by atoms with E-state index in [2.05, 4.69) is 10.3 Å². The number of methoxy groups -OCH3 is 2. The second-order valence-corrected chi connectivity index (χ2v) is 3.99. The summed E-state index contributed by atoms with van der Waals surface area (Å²) in [5.74, 6) is 0.0764. The Morgan fingerprint density at radius 2 is 2.10 bits per heavy atom. The van der Waals surface area contributed by atoms with E-state index in [9.17, 15) is 4.79 Å². The van der Waals surface area contributed by atoms with E-state index in [4.69, 9.17) is 14.6 Å². The number of aromatic carboxylic acids is 1. The van der Waals surface area contributed by atoms with Crippen molar-refractivity contribution in [1.29, 1.82) is 0 Å². The summed E-state index contributed by atoms with van der Waals surface area (Å²) in [7, 11) is 3.09. The quantitative estimate of drug-likeness (QED) is 0.892. The van der Waals surface area contributed by atoms with Gasteiger partial charge in [0.2, 0.25) is 0 Å². The molecule has 0 unspecified atom stereocenters. The fraction of sp³-hybridized carbons (Fsp3) is 0.308. The van der Waals surface area contributed by atoms with Gasteiger partial charge in [0.1, 0.15) is 17.2 Å². The van der Waals surface area contributed by atoms with Crippen LogP contribution in [0, 0.1) is 0 Å². The number of aromatic nitrogens is 3. The Morgan fingerprint density at radius 3 is 2.65 bits per heavy atom. The lowest BCUT2D eigenvalue weighted by atomic mass is 10.2. The van der Waals surface area contributed by atoms with Crippen LogP contribution < -0.4 is 9.47 Å². The van der Waals surface area contributed by atoms with Crippen molar-refractivity contribution in [2.45, 2.75) is 13.3 Å². The minimum absolute atomic E-state index is 0.0580. The van der Waals surface area contributed by atoms with Crippen molar-refractivity contribution in [3.8, 4) is 17.2 Å². The van der Waals surface area contributed by atoms with Gasteiger partial charge in [-0.15, -0.1) is 5.10 Å². The largest absolute Gasteiger partial charge is 0.497 e. The van der Waals surface area contributed by atoms with Crippen LogP contribution in [0.1, 0.15) is 23.1 Å². The van der Waals surface area contributed by atoms with E-state index in [1.807, 2.05) is 6.92 Å². The molecule has 0 radical (unpaired) electrons. The van der Waals surface area contributed by atoms with Crippen LogP contribution in [0.5, 0.6) is 11.5 Å². The number of rotatable bonds is 5. The maximum Gasteiger partial charge on any atom is 0.358 e. The lowest BCUT2D eigenvalue weighted by Gasteiger charge is -2.11. The molecule has 7 heteroatoms. The molecule has 106 valence electrons. The zero-order valence-corrected chi connectivity index (χ0v) is 11.5. The van der Waals surface area contributed by atoms with Crippen LogP contribution in [0.15, 0.2) is 18.2 Å². The van der Waals surface area contributed by atoms with Gasteiger partial charge in [-0.05, 0) is 18.6 Å². The van der Waals surface area contributed by atoms with Crippen molar-refractivity contribution in [3.05, 3.63) is 29.6 Å². The molecule has 2 rings (SSSR count). The van der Waals surface area contributed by atoms with Gasteiger partial charge < -0.3 is 14.6 Å². The molecule has 20 heavy (non-hydrogen) atoms. The molecule has 1 N–H and O–H groups in total.